The van der Waals surface area contributed by atoms with Gasteiger partial charge in [0.2, 0.25) is 0 Å². The van der Waals surface area contributed by atoms with E-state index >= 15 is 0 Å². The van der Waals surface area contributed by atoms with Crippen LogP contribution in [0.4, 0.5) is 5.69 Å². The second-order valence-corrected chi connectivity index (χ2v) is 5.64. The molecule has 0 saturated heterocycles. The van der Waals surface area contributed by atoms with Gasteiger partial charge in [0.25, 0.3) is 5.69 Å². The maximum Gasteiger partial charge on any atom is 0.313 e. The topological polar surface area (TPSA) is 86.7 Å². The Balaban J connectivity index is 1.87. The highest BCUT2D eigenvalue weighted by Crippen LogP contribution is 2.24. The lowest BCUT2D eigenvalue weighted by atomic mass is 10.1. The van der Waals surface area contributed by atoms with Crippen molar-refractivity contribution in [2.45, 2.75) is 13.8 Å². The standard InChI is InChI=1S/C17H15N3O4/c1-11(2)17(21)24-14-6-3-12(4-7-14)15-10-19-9-13(20(22)23)5-8-16(19)18-15/h3-11H,1-2H3. The van der Waals surface area contributed by atoms with E-state index in [1.165, 1.54) is 12.3 Å². The summed E-state index contributed by atoms with van der Waals surface area (Å²) in [6, 6.07) is 9.99. The number of esters is 1. The van der Waals surface area contributed by atoms with Gasteiger partial charge in [0.15, 0.2) is 0 Å². The maximum atomic E-state index is 11.6. The molecule has 1 aromatic carbocycles. The second kappa shape index (κ2) is 6.11. The number of hydrogen-bond acceptors (Lipinski definition) is 5. The number of fused-ring (bicyclic) bond motifs is 1. The average Bonchev–Trinajstić information content (AvgIpc) is 2.98. The van der Waals surface area contributed by atoms with Crippen molar-refractivity contribution in [3.05, 3.63) is 58.9 Å². The van der Waals surface area contributed by atoms with E-state index in [-0.39, 0.29) is 17.6 Å². The lowest BCUT2D eigenvalue weighted by Gasteiger charge is -2.06. The van der Waals surface area contributed by atoms with Crippen LogP contribution in [0.3, 0.4) is 0 Å². The number of carbonyl (C=O) groups excluding carboxylic acids is 1. The number of pyridine rings is 1. The summed E-state index contributed by atoms with van der Waals surface area (Å²) in [5, 5.41) is 10.8. The van der Waals surface area contributed by atoms with Crippen LogP contribution in [0, 0.1) is 16.0 Å². The Bertz CT molecular complexity index is 913. The first kappa shape index (κ1) is 15.7. The molecule has 122 valence electrons. The van der Waals surface area contributed by atoms with Gasteiger partial charge in [-0.25, -0.2) is 4.98 Å². The molecule has 0 fully saturated rings. The van der Waals surface area contributed by atoms with Crippen LogP contribution in [-0.2, 0) is 4.79 Å². The first-order chi connectivity index (χ1) is 11.4. The molecule has 7 nitrogen and oxygen atoms in total. The highest BCUT2D eigenvalue weighted by atomic mass is 16.6. The molecule has 3 rings (SSSR count). The maximum absolute atomic E-state index is 11.6. The van der Waals surface area contributed by atoms with Gasteiger partial charge in [0, 0.05) is 17.8 Å². The zero-order valence-electron chi connectivity index (χ0n) is 13.2. The Morgan fingerprint density at radius 1 is 1.17 bits per heavy atom. The molecule has 0 N–H and O–H groups in total. The molecule has 3 aromatic rings. The average molecular weight is 325 g/mol. The third-order valence-electron chi connectivity index (χ3n) is 3.49. The molecule has 7 heteroatoms. The number of hydrogen-bond donors (Lipinski definition) is 0. The molecule has 0 amide bonds. The second-order valence-electron chi connectivity index (χ2n) is 5.64. The summed E-state index contributed by atoms with van der Waals surface area (Å²) in [6.45, 7) is 3.54. The first-order valence-corrected chi connectivity index (χ1v) is 7.39. The van der Waals surface area contributed by atoms with Gasteiger partial charge in [0.1, 0.15) is 11.4 Å². The van der Waals surface area contributed by atoms with Crippen LogP contribution in [-0.4, -0.2) is 20.3 Å². The van der Waals surface area contributed by atoms with Crippen molar-refractivity contribution >= 4 is 17.3 Å². The first-order valence-electron chi connectivity index (χ1n) is 7.39. The lowest BCUT2D eigenvalue weighted by Crippen LogP contribution is -2.14. The summed E-state index contributed by atoms with van der Waals surface area (Å²) in [4.78, 5) is 26.4. The summed E-state index contributed by atoms with van der Waals surface area (Å²) in [6.07, 6.45) is 3.14. The molecule has 0 saturated carbocycles. The normalized spacial score (nSPS) is 11.0. The van der Waals surface area contributed by atoms with Crippen LogP contribution in [0.15, 0.2) is 48.8 Å². The Hall–Kier alpha value is -3.22. The van der Waals surface area contributed by atoms with Gasteiger partial charge in [-0.3, -0.25) is 19.3 Å². The van der Waals surface area contributed by atoms with Crippen LogP contribution >= 0.6 is 0 Å². The Morgan fingerprint density at radius 2 is 1.88 bits per heavy atom. The minimum Gasteiger partial charge on any atom is -0.426 e. The fraction of sp³-hybridized carbons (Fsp3) is 0.176. The van der Waals surface area contributed by atoms with Crippen molar-refractivity contribution in [2.75, 3.05) is 0 Å². The number of nitrogens with zero attached hydrogens (tertiary/aromatic N) is 3. The van der Waals surface area contributed by atoms with Crippen molar-refractivity contribution in [3.63, 3.8) is 0 Å². The Labute approximate surface area is 137 Å². The van der Waals surface area contributed by atoms with Gasteiger partial charge >= 0.3 is 5.97 Å². The van der Waals surface area contributed by atoms with E-state index in [9.17, 15) is 14.9 Å². The molecule has 0 unspecified atom stereocenters. The molecule has 0 aliphatic carbocycles. The number of ether oxygens (including phenoxy) is 1. The van der Waals surface area contributed by atoms with Crippen LogP contribution in [0.1, 0.15) is 13.8 Å². The van der Waals surface area contributed by atoms with Crippen molar-refractivity contribution < 1.29 is 14.5 Å². The summed E-state index contributed by atoms with van der Waals surface area (Å²) >= 11 is 0. The van der Waals surface area contributed by atoms with Crippen molar-refractivity contribution in [1.82, 2.24) is 9.38 Å². The summed E-state index contributed by atoms with van der Waals surface area (Å²) in [5.41, 5.74) is 2.12. The molecule has 2 heterocycles. The summed E-state index contributed by atoms with van der Waals surface area (Å²) in [7, 11) is 0. The zero-order chi connectivity index (χ0) is 17.3. The molecular weight excluding hydrogens is 310 g/mol. The largest absolute Gasteiger partial charge is 0.426 e. The van der Waals surface area contributed by atoms with Crippen LogP contribution in [0.5, 0.6) is 5.75 Å². The highest BCUT2D eigenvalue weighted by molar-refractivity contribution is 5.74. The van der Waals surface area contributed by atoms with E-state index in [0.29, 0.717) is 17.1 Å². The van der Waals surface area contributed by atoms with Gasteiger partial charge in [0.05, 0.1) is 22.7 Å². The Morgan fingerprint density at radius 3 is 2.50 bits per heavy atom. The smallest absolute Gasteiger partial charge is 0.313 e. The third-order valence-corrected chi connectivity index (χ3v) is 3.49. The number of carbonyl (C=O) groups is 1. The minimum absolute atomic E-state index is 0.00222. The molecule has 0 atom stereocenters. The minimum atomic E-state index is -0.447. The number of rotatable bonds is 4. The number of nitro groups is 1. The molecule has 0 spiro atoms. The molecule has 0 radical (unpaired) electrons. The predicted octanol–water partition coefficient (Wildman–Crippen LogP) is 3.47. The highest BCUT2D eigenvalue weighted by Gasteiger charge is 2.11. The van der Waals surface area contributed by atoms with Crippen LogP contribution in [0.25, 0.3) is 16.9 Å². The Kier molecular flexibility index (Phi) is 3.99. The van der Waals surface area contributed by atoms with E-state index in [4.69, 9.17) is 4.74 Å². The SMILES string of the molecule is CC(C)C(=O)Oc1ccc(-c2cn3cc([N+](=O)[O-])ccc3n2)cc1. The number of benzene rings is 1. The van der Waals surface area contributed by atoms with Gasteiger partial charge in [-0.1, -0.05) is 13.8 Å². The molecule has 24 heavy (non-hydrogen) atoms. The van der Waals surface area contributed by atoms with E-state index in [1.807, 2.05) is 0 Å². The molecule has 0 aliphatic rings. The zero-order valence-corrected chi connectivity index (χ0v) is 13.2. The van der Waals surface area contributed by atoms with E-state index in [1.54, 1.807) is 54.8 Å². The number of aromatic nitrogens is 2. The van der Waals surface area contributed by atoms with Gasteiger partial charge < -0.3 is 4.74 Å². The van der Waals surface area contributed by atoms with E-state index in [2.05, 4.69) is 4.98 Å². The van der Waals surface area contributed by atoms with Crippen molar-refractivity contribution in [2.24, 2.45) is 5.92 Å². The third kappa shape index (κ3) is 3.10. The van der Waals surface area contributed by atoms with Crippen LogP contribution < -0.4 is 4.74 Å². The molecular formula is C17H15N3O4. The van der Waals surface area contributed by atoms with Crippen molar-refractivity contribution in [3.8, 4) is 17.0 Å². The fourth-order valence-electron chi connectivity index (χ4n) is 2.15. The van der Waals surface area contributed by atoms with Crippen molar-refractivity contribution in [1.29, 1.82) is 0 Å². The van der Waals surface area contributed by atoms with Crippen LogP contribution in [0.2, 0.25) is 0 Å². The quantitative estimate of drug-likeness (QED) is 0.317. The summed E-state index contributed by atoms with van der Waals surface area (Å²) in [5.74, 6) is -0.0152. The van der Waals surface area contributed by atoms with Gasteiger partial charge in [-0.15, -0.1) is 0 Å². The van der Waals surface area contributed by atoms with E-state index < -0.39 is 4.92 Å². The predicted molar refractivity (Wildman–Crippen MR) is 87.8 cm³/mol. The molecule has 0 aliphatic heterocycles. The van der Waals surface area contributed by atoms with Gasteiger partial charge in [-0.2, -0.15) is 0 Å². The van der Waals surface area contributed by atoms with E-state index in [0.717, 1.165) is 5.56 Å². The van der Waals surface area contributed by atoms with Gasteiger partial charge in [-0.05, 0) is 30.3 Å². The lowest BCUT2D eigenvalue weighted by molar-refractivity contribution is -0.385. The number of imidazole rings is 1. The summed E-state index contributed by atoms with van der Waals surface area (Å²) < 4.78 is 6.84. The molecule has 2 aromatic heterocycles. The molecule has 0 bridgehead atoms. The fourth-order valence-corrected chi connectivity index (χ4v) is 2.15. The monoisotopic (exact) mass is 325 g/mol.